The molecular formula is C24H16S2. The zero-order valence-corrected chi connectivity index (χ0v) is 16.2. The van der Waals surface area contributed by atoms with E-state index in [1.807, 2.05) is 22.7 Å². The standard InChI is InChI=1S/C24H16S2/c1-13-4-6-16-11-21-20(10-17(16)7-13)24-23(25-21)19-9-15-5-3-14(2)8-18(15)12-22(19)26-24/h3-12H,1-2H3. The molecule has 0 amide bonds. The highest BCUT2D eigenvalue weighted by Gasteiger charge is 2.13. The zero-order valence-electron chi connectivity index (χ0n) is 14.6. The Kier molecular flexibility index (Phi) is 2.87. The van der Waals surface area contributed by atoms with Crippen molar-refractivity contribution in [2.24, 2.45) is 0 Å². The third kappa shape index (κ3) is 2.00. The smallest absolute Gasteiger partial charge is 0.0542 e. The fraction of sp³-hybridized carbons (Fsp3) is 0.0833. The van der Waals surface area contributed by atoms with E-state index in [2.05, 4.69) is 74.5 Å². The van der Waals surface area contributed by atoms with Crippen molar-refractivity contribution in [2.45, 2.75) is 13.8 Å². The van der Waals surface area contributed by atoms with Gasteiger partial charge in [-0.1, -0.05) is 47.5 Å². The highest BCUT2D eigenvalue weighted by molar-refractivity contribution is 7.36. The van der Waals surface area contributed by atoms with Gasteiger partial charge < -0.3 is 0 Å². The summed E-state index contributed by atoms with van der Waals surface area (Å²) in [6.45, 7) is 4.33. The lowest BCUT2D eigenvalue weighted by atomic mass is 10.1. The van der Waals surface area contributed by atoms with Gasteiger partial charge in [0.05, 0.1) is 9.40 Å². The molecule has 2 heterocycles. The number of rotatable bonds is 0. The summed E-state index contributed by atoms with van der Waals surface area (Å²) in [5.74, 6) is 0. The van der Waals surface area contributed by atoms with E-state index in [1.54, 1.807) is 0 Å². The molecule has 0 aliphatic rings. The summed E-state index contributed by atoms with van der Waals surface area (Å²) >= 11 is 3.88. The van der Waals surface area contributed by atoms with Gasteiger partial charge in [0.25, 0.3) is 0 Å². The van der Waals surface area contributed by atoms with E-state index in [0.717, 1.165) is 0 Å². The quantitative estimate of drug-likeness (QED) is 0.253. The number of aryl methyl sites for hydroxylation is 2. The van der Waals surface area contributed by atoms with E-state index >= 15 is 0 Å². The highest BCUT2D eigenvalue weighted by atomic mass is 32.1. The van der Waals surface area contributed by atoms with Gasteiger partial charge in [0.1, 0.15) is 0 Å². The van der Waals surface area contributed by atoms with Crippen LogP contribution in [0.5, 0.6) is 0 Å². The minimum absolute atomic E-state index is 1.32. The largest absolute Gasteiger partial charge is 0.134 e. The van der Waals surface area contributed by atoms with Gasteiger partial charge in [-0.05, 0) is 59.7 Å². The average molecular weight is 369 g/mol. The zero-order chi connectivity index (χ0) is 17.4. The summed E-state index contributed by atoms with van der Waals surface area (Å²) < 4.78 is 5.68. The van der Waals surface area contributed by atoms with Crippen molar-refractivity contribution in [3.63, 3.8) is 0 Å². The van der Waals surface area contributed by atoms with Gasteiger partial charge in [-0.2, -0.15) is 0 Å². The number of benzene rings is 4. The third-order valence-corrected chi connectivity index (χ3v) is 7.81. The maximum absolute atomic E-state index is 2.38. The summed E-state index contributed by atoms with van der Waals surface area (Å²) in [4.78, 5) is 0. The molecule has 6 rings (SSSR count). The van der Waals surface area contributed by atoms with Gasteiger partial charge in [0.2, 0.25) is 0 Å². The van der Waals surface area contributed by atoms with Crippen LogP contribution in [-0.4, -0.2) is 0 Å². The van der Waals surface area contributed by atoms with Crippen molar-refractivity contribution >= 4 is 73.8 Å². The summed E-state index contributed by atoms with van der Waals surface area (Å²) in [5.41, 5.74) is 2.64. The Morgan fingerprint density at radius 1 is 0.500 bits per heavy atom. The number of hydrogen-bond acceptors (Lipinski definition) is 2. The van der Waals surface area contributed by atoms with Crippen molar-refractivity contribution in [2.75, 3.05) is 0 Å². The molecule has 0 bridgehead atoms. The molecule has 2 aromatic heterocycles. The molecule has 6 aromatic rings. The Morgan fingerprint density at radius 2 is 0.962 bits per heavy atom. The molecule has 0 fully saturated rings. The van der Waals surface area contributed by atoms with E-state index < -0.39 is 0 Å². The van der Waals surface area contributed by atoms with Crippen LogP contribution >= 0.6 is 22.7 Å². The van der Waals surface area contributed by atoms with E-state index in [-0.39, 0.29) is 0 Å². The van der Waals surface area contributed by atoms with Crippen LogP contribution in [0.2, 0.25) is 0 Å². The normalized spacial score (nSPS) is 12.2. The molecule has 0 radical (unpaired) electrons. The lowest BCUT2D eigenvalue weighted by Crippen LogP contribution is -1.75. The van der Waals surface area contributed by atoms with Crippen molar-refractivity contribution < 1.29 is 0 Å². The molecule has 2 heteroatoms. The number of hydrogen-bond donors (Lipinski definition) is 0. The molecular weight excluding hydrogens is 352 g/mol. The molecule has 0 saturated carbocycles. The Balaban J connectivity index is 1.76. The summed E-state index contributed by atoms with van der Waals surface area (Å²) in [6, 6.07) is 23.0. The van der Waals surface area contributed by atoms with Crippen LogP contribution in [0.3, 0.4) is 0 Å². The molecule has 0 saturated heterocycles. The van der Waals surface area contributed by atoms with Crippen LogP contribution in [0.15, 0.2) is 60.7 Å². The molecule has 124 valence electrons. The topological polar surface area (TPSA) is 0 Å². The number of thiophene rings is 2. The molecule has 0 atom stereocenters. The molecule has 0 aliphatic heterocycles. The maximum Gasteiger partial charge on any atom is 0.0542 e. The fourth-order valence-corrected chi connectivity index (χ4v) is 6.68. The Hall–Kier alpha value is -2.42. The SMILES string of the molecule is Cc1ccc2cc3c(cc2c1)sc1c2cc4cc(C)ccc4cc2sc31. The predicted molar refractivity (Wildman–Crippen MR) is 119 cm³/mol. The van der Waals surface area contributed by atoms with E-state index in [4.69, 9.17) is 0 Å². The highest BCUT2D eigenvalue weighted by Crippen LogP contribution is 2.46. The Morgan fingerprint density at radius 3 is 1.58 bits per heavy atom. The first-order chi connectivity index (χ1) is 12.7. The second kappa shape index (κ2) is 5.06. The van der Waals surface area contributed by atoms with E-state index in [9.17, 15) is 0 Å². The van der Waals surface area contributed by atoms with E-state index in [1.165, 1.54) is 62.2 Å². The van der Waals surface area contributed by atoms with Gasteiger partial charge in [-0.25, -0.2) is 0 Å². The van der Waals surface area contributed by atoms with E-state index in [0.29, 0.717) is 0 Å². The van der Waals surface area contributed by atoms with Gasteiger partial charge >= 0.3 is 0 Å². The number of fused-ring (bicyclic) bond motifs is 7. The second-order valence-corrected chi connectivity index (χ2v) is 9.36. The van der Waals surface area contributed by atoms with Gasteiger partial charge in [-0.3, -0.25) is 0 Å². The predicted octanol–water partition coefficient (Wildman–Crippen LogP) is 8.19. The lowest BCUT2D eigenvalue weighted by Gasteiger charge is -2.01. The molecule has 26 heavy (non-hydrogen) atoms. The summed E-state index contributed by atoms with van der Waals surface area (Å²) in [5, 5.41) is 8.17. The van der Waals surface area contributed by atoms with Gasteiger partial charge in [0.15, 0.2) is 0 Å². The first-order valence-corrected chi connectivity index (χ1v) is 10.5. The van der Waals surface area contributed by atoms with Crippen LogP contribution < -0.4 is 0 Å². The van der Waals surface area contributed by atoms with Crippen LogP contribution in [0.4, 0.5) is 0 Å². The van der Waals surface area contributed by atoms with Crippen LogP contribution in [0.1, 0.15) is 11.1 Å². The maximum atomic E-state index is 2.38. The van der Waals surface area contributed by atoms with Crippen LogP contribution in [0.25, 0.3) is 51.1 Å². The van der Waals surface area contributed by atoms with Gasteiger partial charge in [0, 0.05) is 20.2 Å². The minimum atomic E-state index is 1.32. The molecule has 4 aromatic carbocycles. The Bertz CT molecular complexity index is 1500. The van der Waals surface area contributed by atoms with Gasteiger partial charge in [-0.15, -0.1) is 22.7 Å². The first-order valence-electron chi connectivity index (χ1n) is 8.85. The van der Waals surface area contributed by atoms with Crippen LogP contribution in [0, 0.1) is 13.8 Å². The van der Waals surface area contributed by atoms with Crippen molar-refractivity contribution in [3.05, 3.63) is 71.8 Å². The Labute approximate surface area is 159 Å². The summed E-state index contributed by atoms with van der Waals surface area (Å²) in [7, 11) is 0. The first kappa shape index (κ1) is 14.7. The van der Waals surface area contributed by atoms with Crippen molar-refractivity contribution in [3.8, 4) is 0 Å². The molecule has 0 aliphatic carbocycles. The minimum Gasteiger partial charge on any atom is -0.134 e. The average Bonchev–Trinajstić information content (AvgIpc) is 3.13. The summed E-state index contributed by atoms with van der Waals surface area (Å²) in [6.07, 6.45) is 0. The molecule has 0 unspecified atom stereocenters. The monoisotopic (exact) mass is 368 g/mol. The molecule has 0 spiro atoms. The fourth-order valence-electron chi connectivity index (χ4n) is 3.98. The van der Waals surface area contributed by atoms with Crippen molar-refractivity contribution in [1.82, 2.24) is 0 Å². The molecule has 0 N–H and O–H groups in total. The molecule has 0 nitrogen and oxygen atoms in total. The van der Waals surface area contributed by atoms with Crippen molar-refractivity contribution in [1.29, 1.82) is 0 Å². The lowest BCUT2D eigenvalue weighted by molar-refractivity contribution is 1.51. The third-order valence-electron chi connectivity index (χ3n) is 5.31. The second-order valence-electron chi connectivity index (χ2n) is 7.26. The van der Waals surface area contributed by atoms with Crippen LogP contribution in [-0.2, 0) is 0 Å².